The van der Waals surface area contributed by atoms with Gasteiger partial charge >= 0.3 is 0 Å². The van der Waals surface area contributed by atoms with Crippen molar-refractivity contribution in [1.82, 2.24) is 4.31 Å². The summed E-state index contributed by atoms with van der Waals surface area (Å²) in [4.78, 5) is 0. The lowest BCUT2D eigenvalue weighted by atomic mass is 9.89. The van der Waals surface area contributed by atoms with Crippen LogP contribution in [0.5, 0.6) is 11.5 Å². The number of phenols is 1. The molecule has 0 amide bonds. The highest BCUT2D eigenvalue weighted by Gasteiger charge is 2.39. The van der Waals surface area contributed by atoms with E-state index in [9.17, 15) is 13.5 Å². The predicted octanol–water partition coefficient (Wildman–Crippen LogP) is 2.28. The van der Waals surface area contributed by atoms with Crippen molar-refractivity contribution in [2.75, 3.05) is 12.8 Å². The fourth-order valence-corrected chi connectivity index (χ4v) is 3.51. The summed E-state index contributed by atoms with van der Waals surface area (Å²) in [7, 11) is -1.73. The summed E-state index contributed by atoms with van der Waals surface area (Å²) in [5.74, 6) is 0.789. The van der Waals surface area contributed by atoms with Gasteiger partial charge in [-0.2, -0.15) is 4.31 Å². The molecule has 1 aliphatic rings. The number of fused-ring (bicyclic) bond motifs is 1. The average molecular weight is 299 g/mol. The third kappa shape index (κ3) is 2.76. The second kappa shape index (κ2) is 4.93. The zero-order chi connectivity index (χ0) is 15.1. The zero-order valence-corrected chi connectivity index (χ0v) is 13.1. The summed E-state index contributed by atoms with van der Waals surface area (Å²) >= 11 is 0. The summed E-state index contributed by atoms with van der Waals surface area (Å²) in [5.41, 5.74) is 0.260. The first kappa shape index (κ1) is 15.1. The largest absolute Gasteiger partial charge is 0.508 e. The molecule has 2 rings (SSSR count). The first-order chi connectivity index (χ1) is 9.16. The van der Waals surface area contributed by atoms with E-state index in [4.69, 9.17) is 4.74 Å². The molecule has 0 saturated heterocycles. The van der Waals surface area contributed by atoms with Gasteiger partial charge in [-0.1, -0.05) is 0 Å². The van der Waals surface area contributed by atoms with Gasteiger partial charge in [-0.15, -0.1) is 0 Å². The van der Waals surface area contributed by atoms with Gasteiger partial charge < -0.3 is 9.84 Å². The molecular formula is C14H21NO4S. The second-order valence-electron chi connectivity index (χ2n) is 5.72. The molecule has 0 bridgehead atoms. The van der Waals surface area contributed by atoms with Crippen LogP contribution < -0.4 is 4.74 Å². The average Bonchev–Trinajstić information content (AvgIpc) is 2.37. The van der Waals surface area contributed by atoms with Gasteiger partial charge in [0, 0.05) is 19.0 Å². The molecule has 5 nitrogen and oxygen atoms in total. The Morgan fingerprint density at radius 2 is 2.10 bits per heavy atom. The maximum atomic E-state index is 12.1. The molecular weight excluding hydrogens is 278 g/mol. The third-order valence-electron chi connectivity index (χ3n) is 3.67. The Kier molecular flexibility index (Phi) is 3.73. The van der Waals surface area contributed by atoms with Crippen LogP contribution in [0.25, 0.3) is 0 Å². The maximum Gasteiger partial charge on any atom is 0.214 e. The smallest absolute Gasteiger partial charge is 0.214 e. The van der Waals surface area contributed by atoms with E-state index in [0.717, 1.165) is 0 Å². The number of nitrogens with zero attached hydrogens (tertiary/aromatic N) is 1. The normalized spacial score (nSPS) is 21.4. The van der Waals surface area contributed by atoms with Gasteiger partial charge in [0.15, 0.2) is 0 Å². The molecule has 20 heavy (non-hydrogen) atoms. The molecule has 0 spiro atoms. The van der Waals surface area contributed by atoms with Crippen LogP contribution in [0, 0.1) is 0 Å². The Bertz CT molecular complexity index is 610. The quantitative estimate of drug-likeness (QED) is 0.930. The molecule has 0 aliphatic carbocycles. The van der Waals surface area contributed by atoms with Gasteiger partial charge in [0.1, 0.15) is 17.1 Å². The topological polar surface area (TPSA) is 66.8 Å². The van der Waals surface area contributed by atoms with Crippen LogP contribution >= 0.6 is 0 Å². The van der Waals surface area contributed by atoms with Crippen LogP contribution in [-0.2, 0) is 10.0 Å². The molecule has 1 aromatic carbocycles. The molecule has 0 aromatic heterocycles. The third-order valence-corrected chi connectivity index (χ3v) is 5.53. The first-order valence-corrected chi connectivity index (χ1v) is 8.25. The molecule has 0 fully saturated rings. The van der Waals surface area contributed by atoms with Gasteiger partial charge in [0.25, 0.3) is 0 Å². The van der Waals surface area contributed by atoms with Gasteiger partial charge in [-0.25, -0.2) is 8.42 Å². The van der Waals surface area contributed by atoms with Crippen LogP contribution in [0.4, 0.5) is 0 Å². The van der Waals surface area contributed by atoms with Crippen LogP contribution in [0.3, 0.4) is 0 Å². The maximum absolute atomic E-state index is 12.1. The lowest BCUT2D eigenvalue weighted by Gasteiger charge is -2.40. The summed E-state index contributed by atoms with van der Waals surface area (Å²) in [6.07, 6.45) is 0.541. The number of sulfonamides is 1. The highest BCUT2D eigenvalue weighted by molar-refractivity contribution is 7.89. The van der Waals surface area contributed by atoms with Gasteiger partial charge in [0.05, 0.1) is 11.8 Å². The molecule has 0 saturated carbocycles. The standard InChI is InChI=1S/C14H21NO4S/c1-5-20(17,18)15(4)12-9-14(2,3)19-13-7-6-10(16)8-11(12)13/h6-8,12,16H,5,9H2,1-4H3. The minimum Gasteiger partial charge on any atom is -0.508 e. The van der Waals surface area contributed by atoms with E-state index < -0.39 is 15.6 Å². The molecule has 1 unspecified atom stereocenters. The monoisotopic (exact) mass is 299 g/mol. The summed E-state index contributed by atoms with van der Waals surface area (Å²) in [5, 5.41) is 9.65. The number of phenolic OH excluding ortho intramolecular Hbond substituents is 1. The van der Waals surface area contributed by atoms with Crippen molar-refractivity contribution in [3.8, 4) is 11.5 Å². The fourth-order valence-electron chi connectivity index (χ4n) is 2.53. The van der Waals surface area contributed by atoms with Crippen molar-refractivity contribution in [2.45, 2.75) is 38.8 Å². The van der Waals surface area contributed by atoms with Crippen LogP contribution in [-0.4, -0.2) is 36.2 Å². The van der Waals surface area contributed by atoms with E-state index in [1.165, 1.54) is 4.31 Å². The molecule has 112 valence electrons. The van der Waals surface area contributed by atoms with Gasteiger partial charge in [-0.3, -0.25) is 0 Å². The summed E-state index contributed by atoms with van der Waals surface area (Å²) < 4.78 is 31.5. The van der Waals surface area contributed by atoms with Gasteiger partial charge in [0.2, 0.25) is 10.0 Å². The van der Waals surface area contributed by atoms with Crippen molar-refractivity contribution in [2.24, 2.45) is 0 Å². The Labute approximate surface area is 120 Å². The number of hydrogen-bond acceptors (Lipinski definition) is 4. The number of benzene rings is 1. The van der Waals surface area contributed by atoms with Crippen molar-refractivity contribution in [1.29, 1.82) is 0 Å². The molecule has 1 atom stereocenters. The molecule has 1 aliphatic heterocycles. The van der Waals surface area contributed by atoms with E-state index in [2.05, 4.69) is 0 Å². The van der Waals surface area contributed by atoms with Crippen molar-refractivity contribution in [3.63, 3.8) is 0 Å². The Hall–Kier alpha value is -1.27. The molecule has 1 aromatic rings. The van der Waals surface area contributed by atoms with E-state index in [1.54, 1.807) is 32.2 Å². The number of aromatic hydroxyl groups is 1. The fraction of sp³-hybridized carbons (Fsp3) is 0.571. The second-order valence-corrected chi connectivity index (χ2v) is 8.04. The number of ether oxygens (including phenoxy) is 1. The van der Waals surface area contributed by atoms with Crippen molar-refractivity contribution >= 4 is 10.0 Å². The molecule has 1 N–H and O–H groups in total. The minimum absolute atomic E-state index is 0.0510. The van der Waals surface area contributed by atoms with E-state index >= 15 is 0 Å². The van der Waals surface area contributed by atoms with Crippen molar-refractivity contribution < 1.29 is 18.3 Å². The summed E-state index contributed by atoms with van der Waals surface area (Å²) in [6, 6.07) is 4.49. The van der Waals surface area contributed by atoms with E-state index in [-0.39, 0.29) is 17.5 Å². The first-order valence-electron chi connectivity index (χ1n) is 6.64. The zero-order valence-electron chi connectivity index (χ0n) is 12.3. The lowest BCUT2D eigenvalue weighted by Crippen LogP contribution is -2.42. The molecule has 0 radical (unpaired) electrons. The van der Waals surface area contributed by atoms with Crippen molar-refractivity contribution in [3.05, 3.63) is 23.8 Å². The summed E-state index contributed by atoms with van der Waals surface area (Å²) in [6.45, 7) is 5.49. The molecule has 1 heterocycles. The Balaban J connectivity index is 2.51. The highest BCUT2D eigenvalue weighted by atomic mass is 32.2. The van der Waals surface area contributed by atoms with E-state index in [0.29, 0.717) is 17.7 Å². The minimum atomic E-state index is -3.31. The van der Waals surface area contributed by atoms with E-state index in [1.807, 2.05) is 13.8 Å². The highest BCUT2D eigenvalue weighted by Crippen LogP contribution is 2.44. The number of hydrogen-bond donors (Lipinski definition) is 1. The Morgan fingerprint density at radius 3 is 2.70 bits per heavy atom. The van der Waals surface area contributed by atoms with Crippen LogP contribution in [0.15, 0.2) is 18.2 Å². The Morgan fingerprint density at radius 1 is 1.45 bits per heavy atom. The lowest BCUT2D eigenvalue weighted by molar-refractivity contribution is 0.0539. The molecule has 6 heteroatoms. The predicted molar refractivity (Wildman–Crippen MR) is 77.4 cm³/mol. The van der Waals surface area contributed by atoms with Gasteiger partial charge in [-0.05, 0) is 39.0 Å². The number of rotatable bonds is 3. The van der Waals surface area contributed by atoms with Crippen LogP contribution in [0.2, 0.25) is 0 Å². The van der Waals surface area contributed by atoms with Crippen LogP contribution in [0.1, 0.15) is 38.8 Å². The SMILES string of the molecule is CCS(=O)(=O)N(C)C1CC(C)(C)Oc2ccc(O)cc21.